The molecule has 3 aromatic carbocycles. The zero-order valence-corrected chi connectivity index (χ0v) is 16.6. The molecule has 0 spiro atoms. The van der Waals surface area contributed by atoms with Gasteiger partial charge >= 0.3 is 0 Å². The van der Waals surface area contributed by atoms with Gasteiger partial charge in [0.15, 0.2) is 11.5 Å². The van der Waals surface area contributed by atoms with E-state index in [0.717, 1.165) is 22.3 Å². The first-order valence-corrected chi connectivity index (χ1v) is 9.52. The summed E-state index contributed by atoms with van der Waals surface area (Å²) in [4.78, 5) is 0. The third kappa shape index (κ3) is 3.23. The molecule has 1 aliphatic heterocycles. The van der Waals surface area contributed by atoms with E-state index in [1.807, 2.05) is 44.2 Å². The molecule has 2 atom stereocenters. The van der Waals surface area contributed by atoms with Crippen molar-refractivity contribution < 1.29 is 24.8 Å². The summed E-state index contributed by atoms with van der Waals surface area (Å²) >= 11 is 0. The van der Waals surface area contributed by atoms with Gasteiger partial charge in [0.05, 0.1) is 13.7 Å². The molecule has 0 bridgehead atoms. The van der Waals surface area contributed by atoms with Gasteiger partial charge in [-0.15, -0.1) is 0 Å². The highest BCUT2D eigenvalue weighted by Gasteiger charge is 2.35. The predicted octanol–water partition coefficient (Wildman–Crippen LogP) is 4.74. The average molecular weight is 392 g/mol. The Labute approximate surface area is 169 Å². The molecule has 4 rings (SSSR count). The quantitative estimate of drug-likeness (QED) is 0.600. The van der Waals surface area contributed by atoms with Gasteiger partial charge in [0.1, 0.15) is 17.2 Å². The number of aryl methyl sites for hydroxylation is 1. The Kier molecular flexibility index (Phi) is 4.74. The molecule has 0 aliphatic carbocycles. The van der Waals surface area contributed by atoms with Crippen molar-refractivity contribution in [1.29, 1.82) is 0 Å². The van der Waals surface area contributed by atoms with E-state index in [0.29, 0.717) is 23.7 Å². The second-order valence-corrected chi connectivity index (χ2v) is 7.50. The summed E-state index contributed by atoms with van der Waals surface area (Å²) in [5.74, 6) is 1.58. The van der Waals surface area contributed by atoms with Crippen LogP contribution in [-0.4, -0.2) is 29.0 Å². The highest BCUT2D eigenvalue weighted by Crippen LogP contribution is 2.49. The molecule has 5 heteroatoms. The first kappa shape index (κ1) is 19.0. The molecule has 1 heterocycles. The molecule has 0 unspecified atom stereocenters. The first-order chi connectivity index (χ1) is 13.9. The smallest absolute Gasteiger partial charge is 0.161 e. The fourth-order valence-electron chi connectivity index (χ4n) is 4.15. The van der Waals surface area contributed by atoms with Crippen molar-refractivity contribution in [3.63, 3.8) is 0 Å². The van der Waals surface area contributed by atoms with Gasteiger partial charge in [0, 0.05) is 23.0 Å². The van der Waals surface area contributed by atoms with Crippen LogP contribution in [0, 0.1) is 13.8 Å². The normalized spacial score (nSPS) is 18.0. The molecule has 5 nitrogen and oxygen atoms in total. The number of fused-ring (bicyclic) bond motifs is 1. The van der Waals surface area contributed by atoms with Crippen molar-refractivity contribution in [3.05, 3.63) is 76.3 Å². The first-order valence-electron chi connectivity index (χ1n) is 9.52. The number of phenols is 3. The fourth-order valence-corrected chi connectivity index (χ4v) is 4.15. The predicted molar refractivity (Wildman–Crippen MR) is 110 cm³/mol. The molecule has 0 aromatic heterocycles. The van der Waals surface area contributed by atoms with Crippen LogP contribution in [0.15, 0.2) is 48.5 Å². The maximum Gasteiger partial charge on any atom is 0.161 e. The van der Waals surface area contributed by atoms with Crippen LogP contribution in [0.3, 0.4) is 0 Å². The SMILES string of the molecule is COc1cc([C@@H]2COc3c(ccc(O)c3C)[C@@H]2c2ccc(O)cc2)cc(C)c1O. The van der Waals surface area contributed by atoms with Crippen LogP contribution in [0.5, 0.6) is 28.7 Å². The summed E-state index contributed by atoms with van der Waals surface area (Å²) in [6.45, 7) is 4.10. The third-order valence-corrected chi connectivity index (χ3v) is 5.74. The number of phenolic OH excluding ortho intramolecular Hbond substituents is 3. The number of ether oxygens (including phenoxy) is 2. The van der Waals surface area contributed by atoms with Gasteiger partial charge in [-0.3, -0.25) is 0 Å². The fraction of sp³-hybridized carbons (Fsp3) is 0.250. The topological polar surface area (TPSA) is 79.2 Å². The summed E-state index contributed by atoms with van der Waals surface area (Å²) < 4.78 is 11.5. The standard InChI is InChI=1S/C24H24O5/c1-13-10-16(11-21(28-3)23(13)27)19-12-29-24-14(2)20(26)9-8-18(24)22(19)15-4-6-17(25)7-5-15/h4-11,19,22,25-27H,12H2,1-3H3/t19-,22-/m0/s1. The largest absolute Gasteiger partial charge is 0.508 e. The van der Waals surface area contributed by atoms with Crippen molar-refractivity contribution in [2.45, 2.75) is 25.7 Å². The number of benzene rings is 3. The highest BCUT2D eigenvalue weighted by atomic mass is 16.5. The summed E-state index contributed by atoms with van der Waals surface area (Å²) in [6, 6.07) is 14.6. The van der Waals surface area contributed by atoms with Crippen molar-refractivity contribution in [1.82, 2.24) is 0 Å². The number of hydrogen-bond donors (Lipinski definition) is 3. The summed E-state index contributed by atoms with van der Waals surface area (Å²) in [5, 5.41) is 30.1. The molecule has 0 radical (unpaired) electrons. The number of rotatable bonds is 3. The van der Waals surface area contributed by atoms with Crippen molar-refractivity contribution in [3.8, 4) is 28.7 Å². The van der Waals surface area contributed by atoms with E-state index in [4.69, 9.17) is 9.47 Å². The summed E-state index contributed by atoms with van der Waals surface area (Å²) in [7, 11) is 1.54. The molecule has 0 saturated heterocycles. The van der Waals surface area contributed by atoms with Crippen LogP contribution in [-0.2, 0) is 0 Å². The van der Waals surface area contributed by atoms with Gasteiger partial charge < -0.3 is 24.8 Å². The molecule has 29 heavy (non-hydrogen) atoms. The highest BCUT2D eigenvalue weighted by molar-refractivity contribution is 5.57. The number of methoxy groups -OCH3 is 1. The Morgan fingerprint density at radius 3 is 2.34 bits per heavy atom. The monoisotopic (exact) mass is 392 g/mol. The number of aromatic hydroxyl groups is 3. The second kappa shape index (κ2) is 7.24. The van der Waals surface area contributed by atoms with Crippen LogP contribution in [0.4, 0.5) is 0 Å². The van der Waals surface area contributed by atoms with E-state index in [9.17, 15) is 15.3 Å². The Balaban J connectivity index is 1.90. The maximum atomic E-state index is 10.2. The lowest BCUT2D eigenvalue weighted by atomic mass is 9.75. The molecular weight excluding hydrogens is 368 g/mol. The van der Waals surface area contributed by atoms with Gasteiger partial charge in [-0.05, 0) is 54.8 Å². The molecule has 0 saturated carbocycles. The van der Waals surface area contributed by atoms with Crippen molar-refractivity contribution in [2.75, 3.05) is 13.7 Å². The van der Waals surface area contributed by atoms with E-state index in [1.165, 1.54) is 7.11 Å². The lowest BCUT2D eigenvalue weighted by molar-refractivity contribution is 0.245. The van der Waals surface area contributed by atoms with Crippen LogP contribution >= 0.6 is 0 Å². The molecule has 1 aliphatic rings. The van der Waals surface area contributed by atoms with Crippen molar-refractivity contribution >= 4 is 0 Å². The molecule has 0 amide bonds. The summed E-state index contributed by atoms with van der Waals surface area (Å²) in [5.41, 5.74) is 4.45. The molecule has 3 N–H and O–H groups in total. The zero-order valence-electron chi connectivity index (χ0n) is 16.6. The van der Waals surface area contributed by atoms with E-state index >= 15 is 0 Å². The van der Waals surface area contributed by atoms with Crippen LogP contribution in [0.25, 0.3) is 0 Å². The minimum atomic E-state index is -0.0488. The Morgan fingerprint density at radius 1 is 0.931 bits per heavy atom. The third-order valence-electron chi connectivity index (χ3n) is 5.74. The number of hydrogen-bond acceptors (Lipinski definition) is 5. The Bertz CT molecular complexity index is 1060. The van der Waals surface area contributed by atoms with Gasteiger partial charge in [-0.1, -0.05) is 24.3 Å². The van der Waals surface area contributed by atoms with Gasteiger partial charge in [-0.2, -0.15) is 0 Å². The molecule has 150 valence electrons. The van der Waals surface area contributed by atoms with Crippen molar-refractivity contribution in [2.24, 2.45) is 0 Å². The minimum absolute atomic E-state index is 0.0378. The van der Waals surface area contributed by atoms with E-state index < -0.39 is 0 Å². The van der Waals surface area contributed by atoms with Gasteiger partial charge in [0.2, 0.25) is 0 Å². The lowest BCUT2D eigenvalue weighted by Crippen LogP contribution is -2.26. The van der Waals surface area contributed by atoms with Crippen LogP contribution in [0.2, 0.25) is 0 Å². The van der Waals surface area contributed by atoms with E-state index in [1.54, 1.807) is 18.2 Å². The average Bonchev–Trinajstić information content (AvgIpc) is 2.72. The molecule has 3 aromatic rings. The second-order valence-electron chi connectivity index (χ2n) is 7.50. The Hall–Kier alpha value is -3.34. The Morgan fingerprint density at radius 2 is 1.66 bits per heavy atom. The minimum Gasteiger partial charge on any atom is -0.508 e. The molecular formula is C24H24O5. The molecule has 0 fully saturated rings. The van der Waals surface area contributed by atoms with Gasteiger partial charge in [-0.25, -0.2) is 0 Å². The van der Waals surface area contributed by atoms with E-state index in [-0.39, 0.29) is 29.1 Å². The maximum absolute atomic E-state index is 10.2. The zero-order chi connectivity index (χ0) is 20.7. The van der Waals surface area contributed by atoms with Gasteiger partial charge in [0.25, 0.3) is 0 Å². The lowest BCUT2D eigenvalue weighted by Gasteiger charge is -2.35. The van der Waals surface area contributed by atoms with E-state index in [2.05, 4.69) is 0 Å². The summed E-state index contributed by atoms with van der Waals surface area (Å²) in [6.07, 6.45) is 0. The van der Waals surface area contributed by atoms with Crippen LogP contribution < -0.4 is 9.47 Å². The van der Waals surface area contributed by atoms with Crippen LogP contribution in [0.1, 0.15) is 39.7 Å².